The van der Waals surface area contributed by atoms with Gasteiger partial charge < -0.3 is 10.1 Å². The summed E-state index contributed by atoms with van der Waals surface area (Å²) in [6, 6.07) is 14.4. The van der Waals surface area contributed by atoms with Gasteiger partial charge in [0.1, 0.15) is 5.75 Å². The van der Waals surface area contributed by atoms with E-state index in [0.717, 1.165) is 11.1 Å². The SMILES string of the molecule is COc1ccc(S(=O)(=O)N(CCc2ccccc2)CC(=O)NCC(C)(C)C)cc1C. The Morgan fingerprint density at radius 1 is 1.10 bits per heavy atom. The second-order valence-electron chi connectivity index (χ2n) is 8.54. The number of rotatable bonds is 9. The number of nitrogens with zero attached hydrogens (tertiary/aromatic N) is 1. The molecule has 0 heterocycles. The summed E-state index contributed by atoms with van der Waals surface area (Å²) >= 11 is 0. The number of carbonyl (C=O) groups is 1. The number of ether oxygens (including phenoxy) is 1. The number of aryl methyl sites for hydroxylation is 1. The molecule has 0 aromatic heterocycles. The zero-order valence-corrected chi connectivity index (χ0v) is 19.3. The van der Waals surface area contributed by atoms with Crippen molar-refractivity contribution in [3.05, 3.63) is 59.7 Å². The molecule has 0 aliphatic heterocycles. The van der Waals surface area contributed by atoms with Gasteiger partial charge in [0, 0.05) is 13.1 Å². The van der Waals surface area contributed by atoms with Gasteiger partial charge in [0.05, 0.1) is 18.6 Å². The third-order valence-electron chi connectivity index (χ3n) is 4.63. The monoisotopic (exact) mass is 432 g/mol. The number of nitrogens with one attached hydrogen (secondary N) is 1. The Kier molecular flexibility index (Phi) is 8.03. The average molecular weight is 433 g/mol. The van der Waals surface area contributed by atoms with Crippen molar-refractivity contribution in [3.8, 4) is 5.75 Å². The fourth-order valence-corrected chi connectivity index (χ4v) is 4.41. The van der Waals surface area contributed by atoms with Gasteiger partial charge in [0.15, 0.2) is 0 Å². The minimum Gasteiger partial charge on any atom is -0.496 e. The highest BCUT2D eigenvalue weighted by molar-refractivity contribution is 7.89. The molecule has 7 heteroatoms. The largest absolute Gasteiger partial charge is 0.496 e. The molecule has 0 aliphatic carbocycles. The highest BCUT2D eigenvalue weighted by Gasteiger charge is 2.27. The standard InChI is InChI=1S/C23H32N2O4S/c1-18-15-20(11-12-21(18)29-5)30(27,28)25(14-13-19-9-7-6-8-10-19)16-22(26)24-17-23(2,3)4/h6-12,15H,13-14,16-17H2,1-5H3,(H,24,26). The van der Waals surface area contributed by atoms with Crippen molar-refractivity contribution in [2.45, 2.75) is 39.0 Å². The molecule has 164 valence electrons. The Balaban J connectivity index is 2.26. The second-order valence-corrected chi connectivity index (χ2v) is 10.5. The normalized spacial score (nSPS) is 12.1. The Hall–Kier alpha value is -2.38. The quantitative estimate of drug-likeness (QED) is 0.659. The first-order valence-electron chi connectivity index (χ1n) is 9.98. The first-order valence-corrected chi connectivity index (χ1v) is 11.4. The van der Waals surface area contributed by atoms with E-state index in [1.165, 1.54) is 10.4 Å². The molecule has 0 atom stereocenters. The highest BCUT2D eigenvalue weighted by Crippen LogP contribution is 2.24. The van der Waals surface area contributed by atoms with Crippen molar-refractivity contribution in [1.29, 1.82) is 0 Å². The van der Waals surface area contributed by atoms with Crippen LogP contribution in [0.2, 0.25) is 0 Å². The molecule has 0 radical (unpaired) electrons. The first kappa shape index (κ1) is 23.9. The van der Waals surface area contributed by atoms with Gasteiger partial charge in [-0.25, -0.2) is 8.42 Å². The van der Waals surface area contributed by atoms with Crippen LogP contribution in [0.1, 0.15) is 31.9 Å². The van der Waals surface area contributed by atoms with Crippen molar-refractivity contribution < 1.29 is 17.9 Å². The lowest BCUT2D eigenvalue weighted by molar-refractivity contribution is -0.121. The lowest BCUT2D eigenvalue weighted by Gasteiger charge is -2.24. The van der Waals surface area contributed by atoms with Crippen molar-refractivity contribution >= 4 is 15.9 Å². The summed E-state index contributed by atoms with van der Waals surface area (Å²) in [6.07, 6.45) is 0.516. The van der Waals surface area contributed by atoms with E-state index in [2.05, 4.69) is 5.32 Å². The minimum atomic E-state index is -3.85. The summed E-state index contributed by atoms with van der Waals surface area (Å²) in [6.45, 7) is 8.28. The van der Waals surface area contributed by atoms with Crippen LogP contribution in [0.4, 0.5) is 0 Å². The van der Waals surface area contributed by atoms with Gasteiger partial charge in [-0.2, -0.15) is 4.31 Å². The van der Waals surface area contributed by atoms with E-state index >= 15 is 0 Å². The molecule has 6 nitrogen and oxygen atoms in total. The molecule has 0 aliphatic rings. The molecule has 2 rings (SSSR count). The second kappa shape index (κ2) is 10.1. The fourth-order valence-electron chi connectivity index (χ4n) is 2.92. The number of methoxy groups -OCH3 is 1. The number of amides is 1. The van der Waals surface area contributed by atoms with Crippen LogP contribution in [0, 0.1) is 12.3 Å². The van der Waals surface area contributed by atoms with Gasteiger partial charge in [-0.15, -0.1) is 0 Å². The molecule has 30 heavy (non-hydrogen) atoms. The first-order chi connectivity index (χ1) is 14.0. The molecule has 2 aromatic rings. The Morgan fingerprint density at radius 2 is 1.77 bits per heavy atom. The third kappa shape index (κ3) is 6.85. The van der Waals surface area contributed by atoms with Crippen LogP contribution in [-0.4, -0.2) is 45.4 Å². The Labute approximate surface area is 180 Å². The summed E-state index contributed by atoms with van der Waals surface area (Å²) in [4.78, 5) is 12.7. The summed E-state index contributed by atoms with van der Waals surface area (Å²) in [5.74, 6) is 0.305. The zero-order valence-electron chi connectivity index (χ0n) is 18.4. The van der Waals surface area contributed by atoms with E-state index in [9.17, 15) is 13.2 Å². The van der Waals surface area contributed by atoms with Crippen molar-refractivity contribution in [1.82, 2.24) is 9.62 Å². The molecule has 0 bridgehead atoms. The number of benzene rings is 2. The predicted octanol–water partition coefficient (Wildman–Crippen LogP) is 3.40. The van der Waals surface area contributed by atoms with Crippen LogP contribution in [0.5, 0.6) is 5.75 Å². The Morgan fingerprint density at radius 3 is 2.33 bits per heavy atom. The number of hydrogen-bond acceptors (Lipinski definition) is 4. The number of hydrogen-bond donors (Lipinski definition) is 1. The van der Waals surface area contributed by atoms with Gasteiger partial charge >= 0.3 is 0 Å². The number of sulfonamides is 1. The van der Waals surface area contributed by atoms with Gasteiger partial charge in [-0.3, -0.25) is 4.79 Å². The van der Waals surface area contributed by atoms with Crippen LogP contribution in [0.3, 0.4) is 0 Å². The number of carbonyl (C=O) groups excluding carboxylic acids is 1. The molecular formula is C23H32N2O4S. The molecule has 0 saturated heterocycles. The lowest BCUT2D eigenvalue weighted by atomic mass is 9.97. The van der Waals surface area contributed by atoms with E-state index in [0.29, 0.717) is 18.7 Å². The minimum absolute atomic E-state index is 0.0868. The van der Waals surface area contributed by atoms with Crippen LogP contribution < -0.4 is 10.1 Å². The van der Waals surface area contributed by atoms with Crippen LogP contribution >= 0.6 is 0 Å². The molecule has 2 aromatic carbocycles. The third-order valence-corrected chi connectivity index (χ3v) is 6.47. The van der Waals surface area contributed by atoms with Crippen molar-refractivity contribution in [3.63, 3.8) is 0 Å². The van der Waals surface area contributed by atoms with Crippen molar-refractivity contribution in [2.24, 2.45) is 5.41 Å². The molecule has 0 spiro atoms. The smallest absolute Gasteiger partial charge is 0.243 e. The molecule has 1 N–H and O–H groups in total. The summed E-state index contributed by atoms with van der Waals surface area (Å²) < 4.78 is 33.2. The maximum atomic E-state index is 13.3. The maximum absolute atomic E-state index is 13.3. The average Bonchev–Trinajstić information content (AvgIpc) is 2.69. The van der Waals surface area contributed by atoms with E-state index < -0.39 is 10.0 Å². The summed E-state index contributed by atoms with van der Waals surface area (Å²) in [7, 11) is -2.31. The van der Waals surface area contributed by atoms with Gasteiger partial charge in [0.2, 0.25) is 15.9 Å². The van der Waals surface area contributed by atoms with Crippen LogP contribution in [0.25, 0.3) is 0 Å². The van der Waals surface area contributed by atoms with E-state index in [1.807, 2.05) is 51.1 Å². The van der Waals surface area contributed by atoms with Crippen LogP contribution in [0.15, 0.2) is 53.4 Å². The van der Waals surface area contributed by atoms with E-state index in [-0.39, 0.29) is 29.3 Å². The predicted molar refractivity (Wildman–Crippen MR) is 119 cm³/mol. The fraction of sp³-hybridized carbons (Fsp3) is 0.435. The van der Waals surface area contributed by atoms with Gasteiger partial charge in [0.25, 0.3) is 0 Å². The topological polar surface area (TPSA) is 75.7 Å². The van der Waals surface area contributed by atoms with E-state index in [4.69, 9.17) is 4.74 Å². The van der Waals surface area contributed by atoms with Gasteiger partial charge in [-0.05, 0) is 48.1 Å². The Bertz CT molecular complexity index is 951. The summed E-state index contributed by atoms with van der Waals surface area (Å²) in [5, 5.41) is 2.84. The molecule has 0 unspecified atom stereocenters. The molecule has 1 amide bonds. The van der Waals surface area contributed by atoms with E-state index in [1.54, 1.807) is 26.2 Å². The molecule has 0 fully saturated rings. The summed E-state index contributed by atoms with van der Waals surface area (Å²) in [5.41, 5.74) is 1.65. The molecular weight excluding hydrogens is 400 g/mol. The lowest BCUT2D eigenvalue weighted by Crippen LogP contribution is -2.43. The van der Waals surface area contributed by atoms with Crippen LogP contribution in [-0.2, 0) is 21.2 Å². The maximum Gasteiger partial charge on any atom is 0.243 e. The molecule has 0 saturated carbocycles. The zero-order chi connectivity index (χ0) is 22.4. The van der Waals surface area contributed by atoms with Gasteiger partial charge in [-0.1, -0.05) is 51.1 Å². The highest BCUT2D eigenvalue weighted by atomic mass is 32.2. The van der Waals surface area contributed by atoms with Crippen molar-refractivity contribution in [2.75, 3.05) is 26.7 Å².